The van der Waals surface area contributed by atoms with Gasteiger partial charge in [-0.15, -0.1) is 11.8 Å². The van der Waals surface area contributed by atoms with E-state index in [1.54, 1.807) is 11.8 Å². The van der Waals surface area contributed by atoms with E-state index in [1.807, 2.05) is 12.1 Å². The molecule has 0 atom stereocenters. The van der Waals surface area contributed by atoms with E-state index in [0.717, 1.165) is 23.6 Å². The zero-order chi connectivity index (χ0) is 15.2. The second kappa shape index (κ2) is 7.53. The van der Waals surface area contributed by atoms with Crippen LogP contribution in [0.25, 0.3) is 0 Å². The van der Waals surface area contributed by atoms with Crippen molar-refractivity contribution in [1.29, 1.82) is 0 Å². The molecule has 112 valence electrons. The van der Waals surface area contributed by atoms with Crippen LogP contribution in [0.5, 0.6) is 11.5 Å². The molecule has 2 aromatic rings. The summed E-state index contributed by atoms with van der Waals surface area (Å²) in [5.74, 6) is 1.80. The maximum Gasteiger partial charge on any atom is 0.130 e. The predicted molar refractivity (Wildman–Crippen MR) is 91.5 cm³/mol. The Labute approximate surface area is 131 Å². The molecule has 0 fully saturated rings. The van der Waals surface area contributed by atoms with Gasteiger partial charge in [-0.2, -0.15) is 0 Å². The molecule has 0 saturated heterocycles. The van der Waals surface area contributed by atoms with Crippen LogP contribution >= 0.6 is 11.8 Å². The lowest BCUT2D eigenvalue weighted by Gasteiger charge is -2.12. The molecule has 0 aliphatic heterocycles. The van der Waals surface area contributed by atoms with Crippen molar-refractivity contribution in [3.8, 4) is 11.5 Å². The molecule has 1 N–H and O–H groups in total. The molecule has 0 aromatic heterocycles. The van der Waals surface area contributed by atoms with Gasteiger partial charge >= 0.3 is 0 Å². The van der Waals surface area contributed by atoms with E-state index in [1.165, 1.54) is 10.5 Å². The van der Waals surface area contributed by atoms with Crippen LogP contribution in [-0.4, -0.2) is 12.3 Å². The fraction of sp³-hybridized carbons (Fsp3) is 0.333. The third-order valence-corrected chi connectivity index (χ3v) is 3.98. The summed E-state index contributed by atoms with van der Waals surface area (Å²) in [6.45, 7) is 7.29. The van der Waals surface area contributed by atoms with E-state index in [9.17, 15) is 0 Å². The van der Waals surface area contributed by atoms with E-state index in [0.29, 0.717) is 6.04 Å². The van der Waals surface area contributed by atoms with Gasteiger partial charge < -0.3 is 10.1 Å². The summed E-state index contributed by atoms with van der Waals surface area (Å²) in [5.41, 5.74) is 2.44. The van der Waals surface area contributed by atoms with E-state index in [2.05, 4.69) is 62.7 Å². The van der Waals surface area contributed by atoms with Crippen molar-refractivity contribution >= 4 is 11.8 Å². The summed E-state index contributed by atoms with van der Waals surface area (Å²) >= 11 is 1.73. The zero-order valence-corrected chi connectivity index (χ0v) is 14.0. The third kappa shape index (κ3) is 4.80. The van der Waals surface area contributed by atoms with E-state index >= 15 is 0 Å². The average Bonchev–Trinajstić information content (AvgIpc) is 2.48. The summed E-state index contributed by atoms with van der Waals surface area (Å²) < 4.78 is 5.96. The highest BCUT2D eigenvalue weighted by Crippen LogP contribution is 2.27. The van der Waals surface area contributed by atoms with Gasteiger partial charge in [0.1, 0.15) is 11.5 Å². The van der Waals surface area contributed by atoms with Crippen molar-refractivity contribution in [2.24, 2.45) is 0 Å². The van der Waals surface area contributed by atoms with Crippen LogP contribution in [0.2, 0.25) is 0 Å². The van der Waals surface area contributed by atoms with Crippen molar-refractivity contribution in [2.45, 2.75) is 38.3 Å². The van der Waals surface area contributed by atoms with Gasteiger partial charge in [0.25, 0.3) is 0 Å². The van der Waals surface area contributed by atoms with Gasteiger partial charge in [-0.3, -0.25) is 0 Å². The van der Waals surface area contributed by atoms with Gasteiger partial charge in [-0.1, -0.05) is 26.0 Å². The first-order valence-corrected chi connectivity index (χ1v) is 8.46. The van der Waals surface area contributed by atoms with Gasteiger partial charge in [-0.25, -0.2) is 0 Å². The first-order chi connectivity index (χ1) is 10.1. The molecule has 0 bridgehead atoms. The first kappa shape index (κ1) is 15.9. The average molecular weight is 301 g/mol. The van der Waals surface area contributed by atoms with Crippen LogP contribution in [0.3, 0.4) is 0 Å². The molecule has 2 nitrogen and oxygen atoms in total. The van der Waals surface area contributed by atoms with Gasteiger partial charge in [0.2, 0.25) is 0 Å². The molecule has 2 rings (SSSR count). The minimum atomic E-state index is 0.496. The fourth-order valence-corrected chi connectivity index (χ4v) is 2.44. The molecule has 3 heteroatoms. The first-order valence-electron chi connectivity index (χ1n) is 7.23. The molecular weight excluding hydrogens is 278 g/mol. The molecule has 0 aliphatic carbocycles. The highest BCUT2D eigenvalue weighted by Gasteiger charge is 2.04. The molecule has 0 saturated carbocycles. The Hall–Kier alpha value is -1.45. The van der Waals surface area contributed by atoms with Gasteiger partial charge in [0.05, 0.1) is 0 Å². The Kier molecular flexibility index (Phi) is 5.71. The Bertz CT molecular complexity index is 578. The minimum Gasteiger partial charge on any atom is -0.457 e. The highest BCUT2D eigenvalue weighted by molar-refractivity contribution is 7.98. The van der Waals surface area contributed by atoms with E-state index < -0.39 is 0 Å². The van der Waals surface area contributed by atoms with Gasteiger partial charge in [-0.05, 0) is 54.6 Å². The monoisotopic (exact) mass is 301 g/mol. The van der Waals surface area contributed by atoms with Crippen LogP contribution in [0.15, 0.2) is 47.4 Å². The molecule has 0 unspecified atom stereocenters. The second-order valence-electron chi connectivity index (χ2n) is 5.41. The Morgan fingerprint density at radius 2 is 1.81 bits per heavy atom. The molecule has 0 spiro atoms. The normalized spacial score (nSPS) is 10.9. The molecule has 0 aliphatic rings. The Morgan fingerprint density at radius 1 is 1.10 bits per heavy atom. The zero-order valence-electron chi connectivity index (χ0n) is 13.1. The number of hydrogen-bond donors (Lipinski definition) is 1. The maximum atomic E-state index is 5.96. The number of nitrogens with one attached hydrogen (secondary N) is 1. The van der Waals surface area contributed by atoms with Crippen LogP contribution in [0.1, 0.15) is 25.0 Å². The quantitative estimate of drug-likeness (QED) is 0.758. The third-order valence-electron chi connectivity index (χ3n) is 3.24. The van der Waals surface area contributed by atoms with Crippen LogP contribution in [-0.2, 0) is 6.54 Å². The number of hydrogen-bond acceptors (Lipinski definition) is 3. The number of ether oxygens (including phenoxy) is 1. The van der Waals surface area contributed by atoms with Crippen LogP contribution in [0.4, 0.5) is 0 Å². The van der Waals surface area contributed by atoms with Crippen molar-refractivity contribution < 1.29 is 4.74 Å². The van der Waals surface area contributed by atoms with Gasteiger partial charge in [0, 0.05) is 17.5 Å². The molecule has 2 aromatic carbocycles. The Balaban J connectivity index is 2.06. The highest BCUT2D eigenvalue weighted by atomic mass is 32.2. The largest absolute Gasteiger partial charge is 0.457 e. The lowest BCUT2D eigenvalue weighted by molar-refractivity contribution is 0.478. The summed E-state index contributed by atoms with van der Waals surface area (Å²) in [7, 11) is 0. The molecule has 21 heavy (non-hydrogen) atoms. The predicted octanol–water partition coefficient (Wildman–Crippen LogP) is 5.01. The molecule has 0 heterocycles. The minimum absolute atomic E-state index is 0.496. The van der Waals surface area contributed by atoms with Crippen LogP contribution in [0, 0.1) is 6.92 Å². The number of thioether (sulfide) groups is 1. The van der Waals surface area contributed by atoms with Crippen molar-refractivity contribution in [3.63, 3.8) is 0 Å². The van der Waals surface area contributed by atoms with E-state index in [-0.39, 0.29) is 0 Å². The molecule has 0 radical (unpaired) electrons. The lowest BCUT2D eigenvalue weighted by atomic mass is 10.1. The Morgan fingerprint density at radius 3 is 2.38 bits per heavy atom. The molecular formula is C18H23NOS. The van der Waals surface area contributed by atoms with Crippen molar-refractivity contribution in [1.82, 2.24) is 5.32 Å². The van der Waals surface area contributed by atoms with Crippen molar-refractivity contribution in [2.75, 3.05) is 6.26 Å². The SMILES string of the molecule is CSc1ccc(Oc2ccc(CNC(C)C)cc2C)cc1. The van der Waals surface area contributed by atoms with Crippen LogP contribution < -0.4 is 10.1 Å². The van der Waals surface area contributed by atoms with Crippen molar-refractivity contribution in [3.05, 3.63) is 53.6 Å². The summed E-state index contributed by atoms with van der Waals surface area (Å²) in [6, 6.07) is 15.0. The number of aryl methyl sites for hydroxylation is 1. The fourth-order valence-electron chi connectivity index (χ4n) is 2.03. The maximum absolute atomic E-state index is 5.96. The summed E-state index contributed by atoms with van der Waals surface area (Å²) in [5, 5.41) is 3.43. The summed E-state index contributed by atoms with van der Waals surface area (Å²) in [6.07, 6.45) is 2.07. The smallest absolute Gasteiger partial charge is 0.130 e. The standard InChI is InChI=1S/C18H23NOS/c1-13(2)19-12-15-5-10-18(14(3)11-15)20-16-6-8-17(21-4)9-7-16/h5-11,13,19H,12H2,1-4H3. The molecule has 0 amide bonds. The topological polar surface area (TPSA) is 21.3 Å². The second-order valence-corrected chi connectivity index (χ2v) is 6.29. The van der Waals surface area contributed by atoms with E-state index in [4.69, 9.17) is 4.74 Å². The van der Waals surface area contributed by atoms with Gasteiger partial charge in [0.15, 0.2) is 0 Å². The lowest BCUT2D eigenvalue weighted by Crippen LogP contribution is -2.21. The number of rotatable bonds is 6. The summed E-state index contributed by atoms with van der Waals surface area (Å²) in [4.78, 5) is 1.24. The number of benzene rings is 2.